The Morgan fingerprint density at radius 2 is 1.00 bits per heavy atom. The predicted octanol–water partition coefficient (Wildman–Crippen LogP) is 5.08. The maximum absolute atomic E-state index is 11.6. The molecule has 0 fully saturated rings. The quantitative estimate of drug-likeness (QED) is 0.254. The van der Waals surface area contributed by atoms with Gasteiger partial charge in [0, 0.05) is 0 Å². The van der Waals surface area contributed by atoms with Crippen LogP contribution in [-0.4, -0.2) is 36.4 Å². The van der Waals surface area contributed by atoms with Crippen LogP contribution in [0.1, 0.15) is 90.9 Å². The molecule has 2 N–H and O–H groups in total. The van der Waals surface area contributed by atoms with Gasteiger partial charge in [-0.15, -0.1) is 0 Å². The summed E-state index contributed by atoms with van der Waals surface area (Å²) in [5, 5.41) is 2.36. The molecule has 0 saturated carbocycles. The zero-order chi connectivity index (χ0) is 16.3. The van der Waals surface area contributed by atoms with Crippen molar-refractivity contribution in [3.63, 3.8) is 0 Å². The van der Waals surface area contributed by atoms with Crippen molar-refractivity contribution < 1.29 is 4.79 Å². The van der Waals surface area contributed by atoms with E-state index in [2.05, 4.69) is 22.5 Å². The Morgan fingerprint density at radius 1 is 0.636 bits per heavy atom. The molecule has 0 bridgehead atoms. The fraction of sp³-hybridized carbons (Fsp3) is 0.941. The number of hydrogen-bond donors (Lipinski definition) is 2. The summed E-state index contributed by atoms with van der Waals surface area (Å²) >= 11 is 0.566. The number of urea groups is 1. The third kappa shape index (κ3) is 18.4. The number of nitrogens with one attached hydrogen (secondary N) is 2. The summed E-state index contributed by atoms with van der Waals surface area (Å²) in [5.41, 5.74) is 0. The molecule has 22 heavy (non-hydrogen) atoms. The van der Waals surface area contributed by atoms with Crippen molar-refractivity contribution >= 4 is 36.4 Å². The van der Waals surface area contributed by atoms with E-state index in [0.29, 0.717) is 0 Å². The topological polar surface area (TPSA) is 41.1 Å². The zero-order valence-corrected chi connectivity index (χ0v) is 18.1. The molecule has 0 aliphatic heterocycles. The Balaban J connectivity index is 3.13. The van der Waals surface area contributed by atoms with Gasteiger partial charge in [-0.3, -0.25) is 0 Å². The molecule has 3 nitrogen and oxygen atoms in total. The molecule has 0 unspecified atom stereocenters. The standard InChI is InChI=1S/C17H36N2OSe2/c1-3-5-7-9-11-13-15-21-18-17(20)19-22-16-14-12-10-8-6-4-2/h3-16H2,1-2H3,(H2,18,19,20). The van der Waals surface area contributed by atoms with Crippen LogP contribution in [0.4, 0.5) is 4.79 Å². The van der Waals surface area contributed by atoms with Crippen LogP contribution in [0.2, 0.25) is 10.6 Å². The SMILES string of the molecule is CCCCCCCC[Se]NC(=O)N[Se]CCCCCCCC. The third-order valence-corrected chi connectivity index (χ3v) is 6.98. The summed E-state index contributed by atoms with van der Waals surface area (Å²) in [6, 6.07) is 0.0666. The molecule has 2 amide bonds. The van der Waals surface area contributed by atoms with E-state index >= 15 is 0 Å². The molecule has 0 aromatic heterocycles. The van der Waals surface area contributed by atoms with Crippen molar-refractivity contribution in [2.24, 2.45) is 0 Å². The first-order chi connectivity index (χ1) is 10.8. The summed E-state index contributed by atoms with van der Waals surface area (Å²) < 4.78 is 6.06. The van der Waals surface area contributed by atoms with E-state index in [1.807, 2.05) is 0 Å². The van der Waals surface area contributed by atoms with Crippen LogP contribution in [0, 0.1) is 0 Å². The van der Waals surface area contributed by atoms with Crippen LogP contribution in [-0.2, 0) is 0 Å². The first-order valence-corrected chi connectivity index (χ1v) is 13.2. The molecule has 0 rings (SSSR count). The van der Waals surface area contributed by atoms with Crippen molar-refractivity contribution in [2.45, 2.75) is 102 Å². The molecule has 0 aromatic rings. The van der Waals surface area contributed by atoms with Crippen molar-refractivity contribution in [3.05, 3.63) is 0 Å². The van der Waals surface area contributed by atoms with Gasteiger partial charge in [-0.2, -0.15) is 0 Å². The summed E-state index contributed by atoms with van der Waals surface area (Å²) in [4.78, 5) is 11.6. The first-order valence-electron chi connectivity index (χ1n) is 9.10. The van der Waals surface area contributed by atoms with Gasteiger partial charge >= 0.3 is 151 Å². The molecule has 0 aliphatic carbocycles. The molecule has 0 heterocycles. The minimum atomic E-state index is 0.0666. The third-order valence-electron chi connectivity index (χ3n) is 3.53. The van der Waals surface area contributed by atoms with Crippen molar-refractivity contribution in [1.82, 2.24) is 8.67 Å². The summed E-state index contributed by atoms with van der Waals surface area (Å²) in [7, 11) is 0. The Kier molecular flexibility index (Phi) is 19.6. The van der Waals surface area contributed by atoms with Gasteiger partial charge in [0.05, 0.1) is 0 Å². The molecule has 0 saturated heterocycles. The average molecular weight is 442 g/mol. The molecule has 0 aromatic carbocycles. The second-order valence-corrected chi connectivity index (χ2v) is 9.55. The fourth-order valence-corrected chi connectivity index (χ4v) is 5.15. The predicted molar refractivity (Wildman–Crippen MR) is 99.5 cm³/mol. The van der Waals surface area contributed by atoms with Gasteiger partial charge in [0.2, 0.25) is 0 Å². The number of hydrogen-bond acceptors (Lipinski definition) is 1. The molecule has 0 atom stereocenters. The second-order valence-electron chi connectivity index (χ2n) is 5.77. The fourth-order valence-electron chi connectivity index (χ4n) is 2.16. The Hall–Kier alpha value is 0.309. The van der Waals surface area contributed by atoms with Gasteiger partial charge in [-0.1, -0.05) is 0 Å². The molecule has 0 radical (unpaired) electrons. The number of carbonyl (C=O) groups excluding carboxylic acids is 1. The number of amides is 2. The van der Waals surface area contributed by atoms with Crippen LogP contribution < -0.4 is 8.67 Å². The van der Waals surface area contributed by atoms with Gasteiger partial charge in [-0.05, 0) is 0 Å². The van der Waals surface area contributed by atoms with E-state index in [9.17, 15) is 4.79 Å². The first kappa shape index (κ1) is 22.3. The summed E-state index contributed by atoms with van der Waals surface area (Å²) in [6.07, 6.45) is 16.0. The van der Waals surface area contributed by atoms with E-state index in [0.717, 1.165) is 0 Å². The van der Waals surface area contributed by atoms with Crippen LogP contribution in [0.3, 0.4) is 0 Å². The molecule has 5 heteroatoms. The maximum atomic E-state index is 11.6. The van der Waals surface area contributed by atoms with E-state index in [4.69, 9.17) is 0 Å². The molecule has 0 spiro atoms. The number of rotatable bonds is 16. The second kappa shape index (κ2) is 19.4. The minimum absolute atomic E-state index is 0.0666. The van der Waals surface area contributed by atoms with Gasteiger partial charge in [0.1, 0.15) is 0 Å². The van der Waals surface area contributed by atoms with E-state index in [1.54, 1.807) is 0 Å². The number of carbonyl (C=O) groups is 1. The van der Waals surface area contributed by atoms with Crippen LogP contribution in [0.25, 0.3) is 0 Å². The van der Waals surface area contributed by atoms with Gasteiger partial charge in [-0.25, -0.2) is 0 Å². The summed E-state index contributed by atoms with van der Waals surface area (Å²) in [5.74, 6) is 0. The van der Waals surface area contributed by atoms with Crippen molar-refractivity contribution in [3.8, 4) is 0 Å². The Morgan fingerprint density at radius 3 is 1.41 bits per heavy atom. The van der Waals surface area contributed by atoms with E-state index in [1.165, 1.54) is 87.7 Å². The number of unbranched alkanes of at least 4 members (excludes halogenated alkanes) is 10. The average Bonchev–Trinajstić information content (AvgIpc) is 2.52. The van der Waals surface area contributed by atoms with Gasteiger partial charge in [0.15, 0.2) is 0 Å². The van der Waals surface area contributed by atoms with E-state index < -0.39 is 0 Å². The van der Waals surface area contributed by atoms with Crippen molar-refractivity contribution in [1.29, 1.82) is 0 Å². The molecule has 0 aliphatic rings. The molecular weight excluding hydrogens is 406 g/mol. The normalized spacial score (nSPS) is 10.6. The molecule has 132 valence electrons. The van der Waals surface area contributed by atoms with Crippen LogP contribution in [0.5, 0.6) is 0 Å². The van der Waals surface area contributed by atoms with Gasteiger partial charge in [0.25, 0.3) is 0 Å². The van der Waals surface area contributed by atoms with Crippen LogP contribution in [0.15, 0.2) is 0 Å². The van der Waals surface area contributed by atoms with Gasteiger partial charge < -0.3 is 0 Å². The van der Waals surface area contributed by atoms with E-state index in [-0.39, 0.29) is 36.4 Å². The summed E-state index contributed by atoms with van der Waals surface area (Å²) in [6.45, 7) is 4.50. The zero-order valence-electron chi connectivity index (χ0n) is 14.6. The monoisotopic (exact) mass is 444 g/mol. The van der Waals surface area contributed by atoms with Crippen LogP contribution >= 0.6 is 0 Å². The Labute approximate surface area is 151 Å². The van der Waals surface area contributed by atoms with Crippen molar-refractivity contribution in [2.75, 3.05) is 0 Å². The Bertz CT molecular complexity index is 219. The molecular formula is C17H36N2OSe2.